The van der Waals surface area contributed by atoms with Crippen molar-refractivity contribution in [3.63, 3.8) is 0 Å². The monoisotopic (exact) mass is 373 g/mol. The Kier molecular flexibility index (Phi) is 4.78. The summed E-state index contributed by atoms with van der Waals surface area (Å²) in [6.07, 6.45) is 9.04. The van der Waals surface area contributed by atoms with Gasteiger partial charge in [0.15, 0.2) is 5.88 Å². The zero-order chi connectivity index (χ0) is 19.0. The molecule has 1 N–H and O–H groups in total. The van der Waals surface area contributed by atoms with Gasteiger partial charge in [0.2, 0.25) is 5.95 Å². The van der Waals surface area contributed by atoms with Crippen LogP contribution >= 0.6 is 0 Å². The molecule has 0 saturated heterocycles. The first-order chi connectivity index (χ1) is 13.0. The molecule has 2 aliphatic heterocycles. The van der Waals surface area contributed by atoms with E-state index in [1.54, 1.807) is 0 Å². The van der Waals surface area contributed by atoms with Gasteiger partial charge in [-0.05, 0) is 13.8 Å². The SMILES string of the molecule is COn1c(N[CH-]C2CCCCC2)nc2c(c1=O)CN(C1=CC(C)(C)O1)CC2. The average molecular weight is 373 g/mol. The van der Waals surface area contributed by atoms with Gasteiger partial charge in [0.25, 0.3) is 5.56 Å². The normalized spacial score (nSPS) is 21.6. The number of hydrogen-bond acceptors (Lipinski definition) is 6. The van der Waals surface area contributed by atoms with Crippen molar-refractivity contribution in [1.29, 1.82) is 0 Å². The Morgan fingerprint density at radius 2 is 2.07 bits per heavy atom. The van der Waals surface area contributed by atoms with Crippen molar-refractivity contribution in [2.75, 3.05) is 19.0 Å². The zero-order valence-corrected chi connectivity index (χ0v) is 16.5. The molecule has 1 aromatic heterocycles. The van der Waals surface area contributed by atoms with Crippen LogP contribution in [0.4, 0.5) is 5.95 Å². The predicted molar refractivity (Wildman–Crippen MR) is 103 cm³/mol. The molecule has 0 atom stereocenters. The fraction of sp³-hybridized carbons (Fsp3) is 0.650. The lowest BCUT2D eigenvalue weighted by Gasteiger charge is -2.41. The number of nitrogens with zero attached hydrogens (tertiary/aromatic N) is 3. The van der Waals surface area contributed by atoms with E-state index in [-0.39, 0.29) is 11.2 Å². The predicted octanol–water partition coefficient (Wildman–Crippen LogP) is 2.46. The summed E-state index contributed by atoms with van der Waals surface area (Å²) in [5.74, 6) is 1.85. The van der Waals surface area contributed by atoms with Gasteiger partial charge in [-0.3, -0.25) is 4.79 Å². The molecule has 7 nitrogen and oxygen atoms in total. The van der Waals surface area contributed by atoms with E-state index in [1.807, 2.05) is 13.8 Å². The highest BCUT2D eigenvalue weighted by atomic mass is 16.7. The molecule has 0 amide bonds. The fourth-order valence-electron chi connectivity index (χ4n) is 4.12. The lowest BCUT2D eigenvalue weighted by Crippen LogP contribution is -2.44. The standard InChI is InChI=1S/C20H29N4O3/c1-20(2)11-17(27-20)23-10-9-16-15(13-23)18(25)24(26-3)19(22-16)21-12-14-7-5-4-6-8-14/h11-12,14H,4-10,13H2,1-3H3,(H,21,22)/q-1. The van der Waals surface area contributed by atoms with Crippen LogP contribution in [0.15, 0.2) is 16.8 Å². The van der Waals surface area contributed by atoms with E-state index < -0.39 is 0 Å². The van der Waals surface area contributed by atoms with Crippen LogP contribution in [0, 0.1) is 12.5 Å². The third kappa shape index (κ3) is 3.64. The minimum Gasteiger partial charge on any atom is -0.502 e. The highest BCUT2D eigenvalue weighted by Crippen LogP contribution is 2.33. The molecule has 0 aromatic carbocycles. The number of fused-ring (bicyclic) bond motifs is 1. The largest absolute Gasteiger partial charge is 0.502 e. The molecule has 3 heterocycles. The summed E-state index contributed by atoms with van der Waals surface area (Å²) in [7, 11) is 1.50. The van der Waals surface area contributed by atoms with E-state index >= 15 is 0 Å². The lowest BCUT2D eigenvalue weighted by molar-refractivity contribution is -0.0335. The summed E-state index contributed by atoms with van der Waals surface area (Å²) in [6.45, 7) is 7.42. The highest BCUT2D eigenvalue weighted by molar-refractivity contribution is 5.35. The van der Waals surface area contributed by atoms with E-state index in [0.29, 0.717) is 30.4 Å². The molecule has 1 saturated carbocycles. The molecule has 3 aliphatic rings. The second kappa shape index (κ2) is 7.09. The topological polar surface area (TPSA) is 68.6 Å². The second-order valence-corrected chi connectivity index (χ2v) is 8.21. The molecular weight excluding hydrogens is 344 g/mol. The van der Waals surface area contributed by atoms with Crippen molar-refractivity contribution < 1.29 is 9.57 Å². The van der Waals surface area contributed by atoms with Crippen LogP contribution in [-0.4, -0.2) is 33.9 Å². The van der Waals surface area contributed by atoms with E-state index in [1.165, 1.54) is 43.9 Å². The maximum absolute atomic E-state index is 13.0. The van der Waals surface area contributed by atoms with Gasteiger partial charge in [-0.2, -0.15) is 5.92 Å². The number of aromatic nitrogens is 2. The van der Waals surface area contributed by atoms with Gasteiger partial charge in [0.05, 0.1) is 17.8 Å². The number of nitrogens with one attached hydrogen (secondary N) is 1. The van der Waals surface area contributed by atoms with Gasteiger partial charge in [-0.1, -0.05) is 32.1 Å². The first-order valence-electron chi connectivity index (χ1n) is 9.93. The first-order valence-corrected chi connectivity index (χ1v) is 9.93. The average Bonchev–Trinajstić information content (AvgIpc) is 2.65. The summed E-state index contributed by atoms with van der Waals surface area (Å²) in [6, 6.07) is 0. The third-order valence-electron chi connectivity index (χ3n) is 5.62. The molecule has 4 rings (SSSR count). The van der Waals surface area contributed by atoms with Crippen molar-refractivity contribution in [2.45, 2.75) is 64.5 Å². The van der Waals surface area contributed by atoms with Crippen molar-refractivity contribution >= 4 is 5.95 Å². The van der Waals surface area contributed by atoms with Crippen molar-refractivity contribution in [1.82, 2.24) is 14.6 Å². The van der Waals surface area contributed by atoms with Crippen LogP contribution in [0.2, 0.25) is 0 Å². The van der Waals surface area contributed by atoms with E-state index in [0.717, 1.165) is 18.1 Å². The second-order valence-electron chi connectivity index (χ2n) is 8.21. The quantitative estimate of drug-likeness (QED) is 0.800. The Bertz CT molecular complexity index is 793. The molecule has 0 spiro atoms. The summed E-state index contributed by atoms with van der Waals surface area (Å²) < 4.78 is 7.08. The van der Waals surface area contributed by atoms with Crippen molar-refractivity contribution in [2.24, 2.45) is 5.92 Å². The van der Waals surface area contributed by atoms with Gasteiger partial charge in [-0.15, -0.1) is 4.73 Å². The summed E-state index contributed by atoms with van der Waals surface area (Å²) in [5.41, 5.74) is 1.17. The number of anilines is 1. The van der Waals surface area contributed by atoms with Gasteiger partial charge in [0, 0.05) is 19.0 Å². The summed E-state index contributed by atoms with van der Waals surface area (Å²) >= 11 is 0. The Morgan fingerprint density at radius 1 is 1.33 bits per heavy atom. The minimum atomic E-state index is -0.219. The van der Waals surface area contributed by atoms with Crippen molar-refractivity contribution in [3.8, 4) is 0 Å². The summed E-state index contributed by atoms with van der Waals surface area (Å²) in [4.78, 5) is 25.1. The number of ether oxygens (including phenoxy) is 1. The van der Waals surface area contributed by atoms with Crippen LogP contribution in [-0.2, 0) is 17.7 Å². The smallest absolute Gasteiger partial charge is 0.293 e. The summed E-state index contributed by atoms with van der Waals surface area (Å²) in [5, 5.41) is 3.24. The van der Waals surface area contributed by atoms with Gasteiger partial charge in [0.1, 0.15) is 12.7 Å². The Balaban J connectivity index is 1.53. The molecule has 0 bridgehead atoms. The first kappa shape index (κ1) is 18.2. The van der Waals surface area contributed by atoms with Gasteiger partial charge in [-0.25, -0.2) is 11.5 Å². The van der Waals surface area contributed by atoms with Gasteiger partial charge < -0.3 is 19.8 Å². The maximum atomic E-state index is 13.0. The third-order valence-corrected chi connectivity index (χ3v) is 5.62. The van der Waals surface area contributed by atoms with Crippen LogP contribution in [0.25, 0.3) is 0 Å². The fourth-order valence-corrected chi connectivity index (χ4v) is 4.12. The Labute approximate surface area is 160 Å². The van der Waals surface area contributed by atoms with Crippen LogP contribution < -0.4 is 15.7 Å². The van der Waals surface area contributed by atoms with E-state index in [2.05, 4.69) is 22.8 Å². The number of rotatable bonds is 5. The molecule has 0 radical (unpaired) electrons. The highest BCUT2D eigenvalue weighted by Gasteiger charge is 2.34. The zero-order valence-electron chi connectivity index (χ0n) is 16.5. The molecule has 1 fully saturated rings. The molecule has 27 heavy (non-hydrogen) atoms. The molecule has 1 aromatic rings. The Morgan fingerprint density at radius 3 is 2.74 bits per heavy atom. The van der Waals surface area contributed by atoms with Crippen LogP contribution in [0.1, 0.15) is 57.2 Å². The Hall–Kier alpha value is -2.18. The van der Waals surface area contributed by atoms with E-state index in [9.17, 15) is 4.79 Å². The maximum Gasteiger partial charge on any atom is 0.293 e. The van der Waals surface area contributed by atoms with Gasteiger partial charge >= 0.3 is 0 Å². The number of hydrogen-bond donors (Lipinski definition) is 1. The lowest BCUT2D eigenvalue weighted by atomic mass is 9.89. The van der Waals surface area contributed by atoms with Crippen molar-refractivity contribution in [3.05, 3.63) is 40.1 Å². The van der Waals surface area contributed by atoms with Crippen LogP contribution in [0.3, 0.4) is 0 Å². The van der Waals surface area contributed by atoms with Crippen LogP contribution in [0.5, 0.6) is 0 Å². The molecule has 0 unspecified atom stereocenters. The molecule has 148 valence electrons. The molecular formula is C20H29N4O3-. The molecule has 7 heteroatoms. The van der Waals surface area contributed by atoms with E-state index in [4.69, 9.17) is 14.6 Å². The minimum absolute atomic E-state index is 0.147. The molecule has 1 aliphatic carbocycles.